The Bertz CT molecular complexity index is 241. The highest BCUT2D eigenvalue weighted by Gasteiger charge is 1.92. The number of aliphatic hydroxyl groups excluding tert-OH is 1. The third-order valence-electron chi connectivity index (χ3n) is 1.32. The number of hydrogen-bond acceptors (Lipinski definition) is 1. The minimum absolute atomic E-state index is 0.104. The van der Waals surface area contributed by atoms with E-state index < -0.39 is 0 Å². The fourth-order valence-corrected chi connectivity index (χ4v) is 1.35. The van der Waals surface area contributed by atoms with E-state index in [1.54, 1.807) is 6.08 Å². The fourth-order valence-electron chi connectivity index (χ4n) is 0.795. The van der Waals surface area contributed by atoms with E-state index in [4.69, 9.17) is 5.11 Å². The van der Waals surface area contributed by atoms with Gasteiger partial charge in [-0.3, -0.25) is 0 Å². The largest absolute Gasteiger partial charge is 0.392 e. The van der Waals surface area contributed by atoms with Crippen LogP contribution in [-0.4, -0.2) is 11.7 Å². The molecule has 1 rings (SSSR count). The first-order valence-electron chi connectivity index (χ1n) is 3.36. The highest BCUT2D eigenvalue weighted by molar-refractivity contribution is 14.1. The lowest BCUT2D eigenvalue weighted by atomic mass is 10.2. The summed E-state index contributed by atoms with van der Waals surface area (Å²) in [7, 11) is 0. The van der Waals surface area contributed by atoms with E-state index in [-0.39, 0.29) is 6.61 Å². The van der Waals surface area contributed by atoms with Crippen molar-refractivity contribution in [2.45, 2.75) is 0 Å². The smallest absolute Gasteiger partial charge is 0.0625 e. The Labute approximate surface area is 79.9 Å². The predicted molar refractivity (Wildman–Crippen MR) is 55.5 cm³/mol. The molecule has 1 aromatic rings. The van der Waals surface area contributed by atoms with Crippen molar-refractivity contribution in [3.63, 3.8) is 0 Å². The summed E-state index contributed by atoms with van der Waals surface area (Å²) in [5.74, 6) is 0. The normalized spacial score (nSPS) is 11.6. The number of hydrogen-bond donors (Lipinski definition) is 1. The molecular formula is C9H9IO. The topological polar surface area (TPSA) is 20.2 Å². The molecular weight excluding hydrogens is 251 g/mol. The number of halogens is 1. The standard InChI is InChI=1S/C9H9IO/c10-9(6-7-11)8-4-2-1-3-5-8/h1-6,11H,7H2. The van der Waals surface area contributed by atoms with E-state index in [0.29, 0.717) is 0 Å². The van der Waals surface area contributed by atoms with Gasteiger partial charge in [0, 0.05) is 3.58 Å². The van der Waals surface area contributed by atoms with Crippen molar-refractivity contribution in [3.05, 3.63) is 42.0 Å². The first-order chi connectivity index (χ1) is 5.34. The summed E-state index contributed by atoms with van der Waals surface area (Å²) >= 11 is 2.21. The molecule has 0 saturated heterocycles. The molecule has 0 amide bonds. The van der Waals surface area contributed by atoms with Crippen LogP contribution in [0.1, 0.15) is 5.56 Å². The SMILES string of the molecule is OCC=C(I)c1ccccc1. The summed E-state index contributed by atoms with van der Waals surface area (Å²) in [5.41, 5.74) is 1.15. The van der Waals surface area contributed by atoms with Crippen LogP contribution < -0.4 is 0 Å². The van der Waals surface area contributed by atoms with Crippen LogP contribution in [0.2, 0.25) is 0 Å². The van der Waals surface area contributed by atoms with Gasteiger partial charge in [0.05, 0.1) is 6.61 Å². The van der Waals surface area contributed by atoms with E-state index in [1.807, 2.05) is 30.3 Å². The van der Waals surface area contributed by atoms with Crippen LogP contribution in [-0.2, 0) is 0 Å². The predicted octanol–water partition coefficient (Wildman–Crippen LogP) is 2.45. The Kier molecular flexibility index (Phi) is 3.59. The van der Waals surface area contributed by atoms with Gasteiger partial charge in [-0.05, 0) is 34.2 Å². The number of rotatable bonds is 2. The maximum Gasteiger partial charge on any atom is 0.0625 e. The summed E-state index contributed by atoms with van der Waals surface area (Å²) in [6.45, 7) is 0.104. The van der Waals surface area contributed by atoms with Gasteiger partial charge in [-0.15, -0.1) is 0 Å². The Hall–Kier alpha value is -0.350. The van der Waals surface area contributed by atoms with Crippen LogP contribution in [0.5, 0.6) is 0 Å². The first kappa shape index (κ1) is 8.74. The zero-order valence-corrected chi connectivity index (χ0v) is 8.15. The van der Waals surface area contributed by atoms with Crippen molar-refractivity contribution in [1.29, 1.82) is 0 Å². The van der Waals surface area contributed by atoms with E-state index in [2.05, 4.69) is 22.6 Å². The molecule has 0 aliphatic heterocycles. The molecule has 0 radical (unpaired) electrons. The van der Waals surface area contributed by atoms with Crippen LogP contribution in [0.25, 0.3) is 3.58 Å². The molecule has 0 aromatic heterocycles. The van der Waals surface area contributed by atoms with Crippen molar-refractivity contribution >= 4 is 26.2 Å². The summed E-state index contributed by atoms with van der Waals surface area (Å²) < 4.78 is 1.09. The number of aliphatic hydroxyl groups is 1. The van der Waals surface area contributed by atoms with Crippen LogP contribution in [0.4, 0.5) is 0 Å². The first-order valence-corrected chi connectivity index (χ1v) is 4.44. The average molecular weight is 260 g/mol. The third-order valence-corrected chi connectivity index (χ3v) is 2.38. The monoisotopic (exact) mass is 260 g/mol. The van der Waals surface area contributed by atoms with E-state index in [1.165, 1.54) is 0 Å². The van der Waals surface area contributed by atoms with Crippen molar-refractivity contribution in [2.75, 3.05) is 6.61 Å². The van der Waals surface area contributed by atoms with Gasteiger partial charge < -0.3 is 5.11 Å². The molecule has 0 atom stereocenters. The van der Waals surface area contributed by atoms with E-state index >= 15 is 0 Å². The van der Waals surface area contributed by atoms with Crippen LogP contribution in [0.15, 0.2) is 36.4 Å². The summed E-state index contributed by atoms with van der Waals surface area (Å²) in [5, 5.41) is 8.62. The molecule has 11 heavy (non-hydrogen) atoms. The van der Waals surface area contributed by atoms with Crippen LogP contribution >= 0.6 is 22.6 Å². The molecule has 0 heterocycles. The Balaban J connectivity index is 2.85. The molecule has 58 valence electrons. The minimum atomic E-state index is 0.104. The van der Waals surface area contributed by atoms with Gasteiger partial charge in [0.25, 0.3) is 0 Å². The molecule has 1 aromatic carbocycles. The molecule has 1 nitrogen and oxygen atoms in total. The van der Waals surface area contributed by atoms with Gasteiger partial charge >= 0.3 is 0 Å². The maximum absolute atomic E-state index is 8.62. The molecule has 0 aliphatic rings. The van der Waals surface area contributed by atoms with E-state index in [9.17, 15) is 0 Å². The van der Waals surface area contributed by atoms with Crippen molar-refractivity contribution in [3.8, 4) is 0 Å². The third kappa shape index (κ3) is 2.63. The minimum Gasteiger partial charge on any atom is -0.392 e. The second kappa shape index (κ2) is 4.51. The van der Waals surface area contributed by atoms with Crippen molar-refractivity contribution < 1.29 is 5.11 Å². The maximum atomic E-state index is 8.62. The molecule has 0 aliphatic carbocycles. The van der Waals surface area contributed by atoms with Gasteiger partial charge in [-0.25, -0.2) is 0 Å². The number of benzene rings is 1. The highest BCUT2D eigenvalue weighted by Crippen LogP contribution is 2.20. The molecule has 0 saturated carbocycles. The quantitative estimate of drug-likeness (QED) is 0.810. The van der Waals surface area contributed by atoms with Gasteiger partial charge in [0.2, 0.25) is 0 Å². The average Bonchev–Trinajstić information content (AvgIpc) is 2.07. The van der Waals surface area contributed by atoms with Gasteiger partial charge in [0.15, 0.2) is 0 Å². The Morgan fingerprint density at radius 3 is 2.55 bits per heavy atom. The molecule has 1 N–H and O–H groups in total. The molecule has 2 heteroatoms. The Morgan fingerprint density at radius 2 is 2.00 bits per heavy atom. The van der Waals surface area contributed by atoms with Gasteiger partial charge in [-0.2, -0.15) is 0 Å². The van der Waals surface area contributed by atoms with Gasteiger partial charge in [0.1, 0.15) is 0 Å². The van der Waals surface area contributed by atoms with E-state index in [0.717, 1.165) is 9.14 Å². The zero-order valence-electron chi connectivity index (χ0n) is 6.00. The highest BCUT2D eigenvalue weighted by atomic mass is 127. The van der Waals surface area contributed by atoms with Crippen LogP contribution in [0, 0.1) is 0 Å². The summed E-state index contributed by atoms with van der Waals surface area (Å²) in [6, 6.07) is 9.99. The second-order valence-corrected chi connectivity index (χ2v) is 3.26. The van der Waals surface area contributed by atoms with Gasteiger partial charge in [-0.1, -0.05) is 30.3 Å². The lowest BCUT2D eigenvalue weighted by molar-refractivity contribution is 0.343. The Morgan fingerprint density at radius 1 is 1.36 bits per heavy atom. The van der Waals surface area contributed by atoms with Crippen molar-refractivity contribution in [1.82, 2.24) is 0 Å². The fraction of sp³-hybridized carbons (Fsp3) is 0.111. The van der Waals surface area contributed by atoms with Crippen LogP contribution in [0.3, 0.4) is 0 Å². The molecule has 0 fully saturated rings. The van der Waals surface area contributed by atoms with Crippen molar-refractivity contribution in [2.24, 2.45) is 0 Å². The lowest BCUT2D eigenvalue weighted by Gasteiger charge is -1.96. The molecule has 0 bridgehead atoms. The lowest BCUT2D eigenvalue weighted by Crippen LogP contribution is -1.77. The summed E-state index contributed by atoms with van der Waals surface area (Å²) in [4.78, 5) is 0. The summed E-state index contributed by atoms with van der Waals surface area (Å²) in [6.07, 6.45) is 1.79. The zero-order chi connectivity index (χ0) is 8.10. The molecule has 0 unspecified atom stereocenters. The second-order valence-electron chi connectivity index (χ2n) is 2.10. The molecule has 0 spiro atoms.